The Morgan fingerprint density at radius 2 is 1.96 bits per heavy atom. The van der Waals surface area contributed by atoms with Gasteiger partial charge in [0.2, 0.25) is 0 Å². The molecule has 27 heavy (non-hydrogen) atoms. The molecule has 5 nitrogen and oxygen atoms in total. The Kier molecular flexibility index (Phi) is 7.16. The summed E-state index contributed by atoms with van der Waals surface area (Å²) in [7, 11) is 0. The summed E-state index contributed by atoms with van der Waals surface area (Å²) in [5, 5.41) is 5.65. The minimum Gasteiger partial charge on any atom is -0.338 e. The van der Waals surface area contributed by atoms with E-state index in [9.17, 15) is 9.18 Å². The van der Waals surface area contributed by atoms with Gasteiger partial charge in [-0.3, -0.25) is 4.98 Å². The van der Waals surface area contributed by atoms with Crippen molar-refractivity contribution in [3.8, 4) is 11.3 Å². The van der Waals surface area contributed by atoms with E-state index in [4.69, 9.17) is 0 Å². The van der Waals surface area contributed by atoms with Crippen molar-refractivity contribution >= 4 is 11.7 Å². The smallest absolute Gasteiger partial charge is 0.319 e. The van der Waals surface area contributed by atoms with E-state index in [0.717, 1.165) is 19.4 Å². The summed E-state index contributed by atoms with van der Waals surface area (Å²) in [6.45, 7) is 4.21. The molecule has 1 saturated heterocycles. The number of halogens is 1. The zero-order valence-electron chi connectivity index (χ0n) is 15.6. The summed E-state index contributed by atoms with van der Waals surface area (Å²) < 4.78 is 13.3. The number of amides is 2. The fourth-order valence-corrected chi connectivity index (χ4v) is 3.31. The Morgan fingerprint density at radius 3 is 2.70 bits per heavy atom. The molecule has 6 heteroatoms. The number of urea groups is 1. The molecule has 2 amide bonds. The lowest BCUT2D eigenvalue weighted by Gasteiger charge is -2.26. The normalized spacial score (nSPS) is 14.7. The van der Waals surface area contributed by atoms with Crippen LogP contribution >= 0.6 is 0 Å². The average molecular weight is 370 g/mol. The number of nitrogens with zero attached hydrogens (tertiary/aromatic N) is 2. The van der Waals surface area contributed by atoms with Crippen molar-refractivity contribution in [2.24, 2.45) is 0 Å². The monoisotopic (exact) mass is 370 g/mol. The number of benzene rings is 1. The Hall–Kier alpha value is -2.47. The van der Waals surface area contributed by atoms with Gasteiger partial charge in [0.25, 0.3) is 0 Å². The van der Waals surface area contributed by atoms with Crippen LogP contribution in [0.2, 0.25) is 0 Å². The van der Waals surface area contributed by atoms with Crippen LogP contribution in [0.15, 0.2) is 42.6 Å². The number of likely N-dealkylation sites (tertiary alicyclic amines) is 1. The first kappa shape index (κ1) is 19.3. The Balaban J connectivity index is 1.36. The van der Waals surface area contributed by atoms with Gasteiger partial charge in [-0.2, -0.15) is 0 Å². The third-order valence-corrected chi connectivity index (χ3v) is 4.78. The Morgan fingerprint density at radius 1 is 1.11 bits per heavy atom. The third kappa shape index (κ3) is 6.32. The molecular formula is C21H27FN4O. The van der Waals surface area contributed by atoms with Crippen molar-refractivity contribution in [2.45, 2.75) is 32.1 Å². The minimum atomic E-state index is -0.295. The number of hydrogen-bond acceptors (Lipinski definition) is 3. The Labute approximate surface area is 160 Å². The zero-order valence-corrected chi connectivity index (χ0v) is 15.6. The predicted molar refractivity (Wildman–Crippen MR) is 106 cm³/mol. The number of carbonyl (C=O) groups excluding carboxylic acids is 1. The SMILES string of the molecule is O=C(NCCCCN1CCCCC1)Nc1ccc(-c2cccc(F)c2)nc1. The van der Waals surface area contributed by atoms with Gasteiger partial charge in [0, 0.05) is 12.1 Å². The van der Waals surface area contributed by atoms with Crippen LogP contribution in [-0.4, -0.2) is 42.1 Å². The molecule has 1 aliphatic heterocycles. The van der Waals surface area contributed by atoms with Gasteiger partial charge in [-0.25, -0.2) is 9.18 Å². The van der Waals surface area contributed by atoms with Gasteiger partial charge < -0.3 is 15.5 Å². The highest BCUT2D eigenvalue weighted by atomic mass is 19.1. The van der Waals surface area contributed by atoms with Gasteiger partial charge in [-0.05, 0) is 69.6 Å². The fourth-order valence-electron chi connectivity index (χ4n) is 3.31. The second kappa shape index (κ2) is 10.0. The van der Waals surface area contributed by atoms with E-state index in [0.29, 0.717) is 23.5 Å². The first-order chi connectivity index (χ1) is 13.2. The molecule has 0 radical (unpaired) electrons. The number of rotatable bonds is 7. The molecule has 3 rings (SSSR count). The van der Waals surface area contributed by atoms with Crippen LogP contribution in [0.4, 0.5) is 14.9 Å². The van der Waals surface area contributed by atoms with Crippen molar-refractivity contribution in [1.82, 2.24) is 15.2 Å². The minimum absolute atomic E-state index is 0.228. The number of pyridine rings is 1. The van der Waals surface area contributed by atoms with E-state index in [-0.39, 0.29) is 11.8 Å². The molecule has 1 fully saturated rings. The molecule has 0 saturated carbocycles. The van der Waals surface area contributed by atoms with Crippen LogP contribution in [-0.2, 0) is 0 Å². The van der Waals surface area contributed by atoms with Gasteiger partial charge in [-0.15, -0.1) is 0 Å². The van der Waals surface area contributed by atoms with Crippen molar-refractivity contribution in [1.29, 1.82) is 0 Å². The molecule has 0 bridgehead atoms. The predicted octanol–water partition coefficient (Wildman–Crippen LogP) is 4.28. The van der Waals surface area contributed by atoms with E-state index < -0.39 is 0 Å². The van der Waals surface area contributed by atoms with E-state index in [1.54, 1.807) is 30.5 Å². The lowest BCUT2D eigenvalue weighted by atomic mass is 10.1. The second-order valence-electron chi connectivity index (χ2n) is 6.93. The van der Waals surface area contributed by atoms with E-state index >= 15 is 0 Å². The summed E-state index contributed by atoms with van der Waals surface area (Å²) in [6.07, 6.45) is 7.64. The number of hydrogen-bond donors (Lipinski definition) is 2. The van der Waals surface area contributed by atoms with Gasteiger partial charge in [0.15, 0.2) is 0 Å². The number of nitrogens with one attached hydrogen (secondary N) is 2. The summed E-state index contributed by atoms with van der Waals surface area (Å²) in [4.78, 5) is 18.8. The summed E-state index contributed by atoms with van der Waals surface area (Å²) in [5.41, 5.74) is 1.99. The number of aromatic nitrogens is 1. The largest absolute Gasteiger partial charge is 0.338 e. The highest BCUT2D eigenvalue weighted by Gasteiger charge is 2.09. The first-order valence-corrected chi connectivity index (χ1v) is 9.70. The van der Waals surface area contributed by atoms with Crippen LogP contribution < -0.4 is 10.6 Å². The lowest BCUT2D eigenvalue weighted by Crippen LogP contribution is -2.32. The van der Waals surface area contributed by atoms with Crippen LogP contribution in [0, 0.1) is 5.82 Å². The summed E-state index contributed by atoms with van der Waals surface area (Å²) in [6, 6.07) is 9.59. The quantitative estimate of drug-likeness (QED) is 0.716. The molecule has 144 valence electrons. The van der Waals surface area contributed by atoms with Crippen LogP contribution in [0.25, 0.3) is 11.3 Å². The van der Waals surface area contributed by atoms with E-state index in [2.05, 4.69) is 20.5 Å². The topological polar surface area (TPSA) is 57.3 Å². The molecule has 0 atom stereocenters. The zero-order chi connectivity index (χ0) is 18.9. The van der Waals surface area contributed by atoms with E-state index in [1.165, 1.54) is 44.5 Å². The maximum Gasteiger partial charge on any atom is 0.319 e. The number of carbonyl (C=O) groups is 1. The van der Waals surface area contributed by atoms with Gasteiger partial charge in [0.1, 0.15) is 5.82 Å². The molecule has 1 aromatic heterocycles. The van der Waals surface area contributed by atoms with Gasteiger partial charge in [-0.1, -0.05) is 18.6 Å². The molecule has 0 aliphatic carbocycles. The summed E-state index contributed by atoms with van der Waals surface area (Å²) in [5.74, 6) is -0.295. The molecule has 2 N–H and O–H groups in total. The maximum atomic E-state index is 13.3. The molecular weight excluding hydrogens is 343 g/mol. The average Bonchev–Trinajstić information content (AvgIpc) is 2.69. The van der Waals surface area contributed by atoms with Crippen molar-refractivity contribution in [2.75, 3.05) is 31.5 Å². The second-order valence-corrected chi connectivity index (χ2v) is 6.93. The highest BCUT2D eigenvalue weighted by molar-refractivity contribution is 5.89. The number of unbranched alkanes of at least 4 members (excludes halogenated alkanes) is 1. The molecule has 1 aliphatic rings. The molecule has 1 aromatic carbocycles. The van der Waals surface area contributed by atoms with Gasteiger partial charge in [0.05, 0.1) is 17.6 Å². The molecule has 0 unspecified atom stereocenters. The maximum absolute atomic E-state index is 13.3. The molecule has 2 aromatic rings. The fraction of sp³-hybridized carbons (Fsp3) is 0.429. The van der Waals surface area contributed by atoms with Crippen LogP contribution in [0.1, 0.15) is 32.1 Å². The van der Waals surface area contributed by atoms with Crippen LogP contribution in [0.5, 0.6) is 0 Å². The third-order valence-electron chi connectivity index (χ3n) is 4.78. The first-order valence-electron chi connectivity index (χ1n) is 9.70. The standard InChI is InChI=1S/C21H27FN4O/c22-18-8-6-7-17(15-18)20-10-9-19(16-24-20)25-21(27)23-11-2-5-14-26-12-3-1-4-13-26/h6-10,15-16H,1-5,11-14H2,(H2,23,25,27). The number of piperidine rings is 1. The molecule has 0 spiro atoms. The van der Waals surface area contributed by atoms with Crippen LogP contribution in [0.3, 0.4) is 0 Å². The molecule has 2 heterocycles. The van der Waals surface area contributed by atoms with Crippen molar-refractivity contribution in [3.63, 3.8) is 0 Å². The lowest BCUT2D eigenvalue weighted by molar-refractivity contribution is 0.224. The van der Waals surface area contributed by atoms with E-state index in [1.807, 2.05) is 0 Å². The number of anilines is 1. The van der Waals surface area contributed by atoms with Crippen molar-refractivity contribution in [3.05, 3.63) is 48.4 Å². The van der Waals surface area contributed by atoms with Crippen molar-refractivity contribution < 1.29 is 9.18 Å². The highest BCUT2D eigenvalue weighted by Crippen LogP contribution is 2.19. The Bertz CT molecular complexity index is 729. The summed E-state index contributed by atoms with van der Waals surface area (Å²) >= 11 is 0. The van der Waals surface area contributed by atoms with Gasteiger partial charge >= 0.3 is 6.03 Å².